The van der Waals surface area contributed by atoms with Gasteiger partial charge in [-0.25, -0.2) is 0 Å². The summed E-state index contributed by atoms with van der Waals surface area (Å²) in [5.41, 5.74) is 1.18. The Morgan fingerprint density at radius 2 is 2.00 bits per heavy atom. The third-order valence-electron chi connectivity index (χ3n) is 3.83. The van der Waals surface area contributed by atoms with E-state index in [1.165, 1.54) is 0 Å². The number of methoxy groups -OCH3 is 1. The summed E-state index contributed by atoms with van der Waals surface area (Å²) in [5.74, 6) is 2.33. The molecule has 0 spiro atoms. The van der Waals surface area contributed by atoms with Crippen LogP contribution in [0.25, 0.3) is 0 Å². The van der Waals surface area contributed by atoms with Gasteiger partial charge >= 0.3 is 0 Å². The van der Waals surface area contributed by atoms with Crippen molar-refractivity contribution in [3.05, 3.63) is 23.8 Å². The van der Waals surface area contributed by atoms with E-state index in [1.807, 2.05) is 18.2 Å². The molecule has 6 nitrogen and oxygen atoms in total. The quantitative estimate of drug-likeness (QED) is 0.642. The maximum Gasteiger partial charge on any atom is 0.231 e. The van der Waals surface area contributed by atoms with E-state index in [0.29, 0.717) is 19.9 Å². The molecule has 2 rings (SSSR count). The Kier molecular flexibility index (Phi) is 5.71. The number of ether oxygens (including phenoxy) is 3. The Hall–Kier alpha value is -1.95. The molecule has 0 bridgehead atoms. The van der Waals surface area contributed by atoms with Crippen LogP contribution >= 0.6 is 0 Å². The summed E-state index contributed by atoms with van der Waals surface area (Å²) in [7, 11) is 3.49. The molecular weight excluding hydrogens is 294 g/mol. The van der Waals surface area contributed by atoms with Gasteiger partial charge in [0.2, 0.25) is 6.79 Å². The Morgan fingerprint density at radius 3 is 2.65 bits per heavy atom. The van der Waals surface area contributed by atoms with Gasteiger partial charge in [-0.1, -0.05) is 26.8 Å². The smallest absolute Gasteiger partial charge is 0.231 e. The van der Waals surface area contributed by atoms with Crippen LogP contribution in [-0.4, -0.2) is 39.6 Å². The molecule has 0 saturated heterocycles. The second-order valence-electron chi connectivity index (χ2n) is 6.58. The van der Waals surface area contributed by atoms with Crippen molar-refractivity contribution >= 4 is 5.96 Å². The van der Waals surface area contributed by atoms with Gasteiger partial charge in [0.05, 0.1) is 6.10 Å². The maximum atomic E-state index is 5.55. The zero-order chi connectivity index (χ0) is 16.9. The minimum absolute atomic E-state index is 0.0674. The van der Waals surface area contributed by atoms with Crippen molar-refractivity contribution in [2.75, 3.05) is 27.5 Å². The first-order valence-electron chi connectivity index (χ1n) is 7.80. The minimum Gasteiger partial charge on any atom is -0.454 e. The predicted octanol–water partition coefficient (Wildman–Crippen LogP) is 2.14. The number of guanidine groups is 1. The van der Waals surface area contributed by atoms with Crippen LogP contribution in [0.5, 0.6) is 11.5 Å². The molecule has 1 atom stereocenters. The summed E-state index contributed by atoms with van der Waals surface area (Å²) in [6, 6.07) is 5.92. The predicted molar refractivity (Wildman–Crippen MR) is 91.0 cm³/mol. The number of fused-ring (bicyclic) bond motifs is 1. The van der Waals surface area contributed by atoms with Crippen LogP contribution in [-0.2, 0) is 11.3 Å². The van der Waals surface area contributed by atoms with Gasteiger partial charge in [0.1, 0.15) is 0 Å². The Balaban J connectivity index is 1.86. The van der Waals surface area contributed by atoms with E-state index >= 15 is 0 Å². The standard InChI is InChI=1S/C17H27N3O3/c1-17(2,3)15(21-5)10-20-16(18-4)19-9-12-6-7-13-14(8-12)23-11-22-13/h6-8,15H,9-11H2,1-5H3,(H2,18,19,20). The highest BCUT2D eigenvalue weighted by Gasteiger charge is 2.24. The number of nitrogens with one attached hydrogen (secondary N) is 2. The molecule has 1 aliphatic rings. The molecule has 2 N–H and O–H groups in total. The van der Waals surface area contributed by atoms with Crippen LogP contribution in [0, 0.1) is 5.41 Å². The molecule has 0 aromatic heterocycles. The Labute approximate surface area is 138 Å². The molecule has 1 unspecified atom stereocenters. The molecule has 1 aliphatic heterocycles. The third kappa shape index (κ3) is 4.76. The zero-order valence-electron chi connectivity index (χ0n) is 14.6. The van der Waals surface area contributed by atoms with Gasteiger partial charge in [0.25, 0.3) is 0 Å². The fraction of sp³-hybridized carbons (Fsp3) is 0.588. The average Bonchev–Trinajstić information content (AvgIpc) is 2.97. The summed E-state index contributed by atoms with van der Waals surface area (Å²) in [6.45, 7) is 8.12. The third-order valence-corrected chi connectivity index (χ3v) is 3.83. The second-order valence-corrected chi connectivity index (χ2v) is 6.58. The van der Waals surface area contributed by atoms with Gasteiger partial charge < -0.3 is 24.8 Å². The number of nitrogens with zero attached hydrogens (tertiary/aromatic N) is 1. The van der Waals surface area contributed by atoms with Crippen molar-refractivity contribution in [3.8, 4) is 11.5 Å². The summed E-state index contributed by atoms with van der Waals surface area (Å²) in [4.78, 5) is 4.25. The van der Waals surface area contributed by atoms with Crippen molar-refractivity contribution < 1.29 is 14.2 Å². The zero-order valence-corrected chi connectivity index (χ0v) is 14.6. The fourth-order valence-corrected chi connectivity index (χ4v) is 2.39. The number of hydrogen-bond donors (Lipinski definition) is 2. The number of benzene rings is 1. The van der Waals surface area contributed by atoms with Crippen LogP contribution in [0.3, 0.4) is 0 Å². The summed E-state index contributed by atoms with van der Waals surface area (Å²) < 4.78 is 16.3. The molecule has 0 aliphatic carbocycles. The van der Waals surface area contributed by atoms with E-state index in [9.17, 15) is 0 Å². The normalized spacial score (nSPS) is 15.4. The van der Waals surface area contributed by atoms with Crippen molar-refractivity contribution in [1.29, 1.82) is 0 Å². The molecule has 1 heterocycles. The van der Waals surface area contributed by atoms with Crippen LogP contribution in [0.1, 0.15) is 26.3 Å². The average molecular weight is 321 g/mol. The molecule has 0 amide bonds. The minimum atomic E-state index is 0.0674. The summed E-state index contributed by atoms with van der Waals surface area (Å²) >= 11 is 0. The number of aliphatic imine (C=N–C) groups is 1. The van der Waals surface area contributed by atoms with Crippen molar-refractivity contribution in [1.82, 2.24) is 10.6 Å². The molecule has 1 aromatic rings. The van der Waals surface area contributed by atoms with Gasteiger partial charge in [0, 0.05) is 27.2 Å². The molecule has 128 valence electrons. The maximum absolute atomic E-state index is 5.55. The van der Waals surface area contributed by atoms with Gasteiger partial charge in [-0.3, -0.25) is 4.99 Å². The first kappa shape index (κ1) is 17.4. The van der Waals surface area contributed by atoms with Crippen molar-refractivity contribution in [2.24, 2.45) is 10.4 Å². The van der Waals surface area contributed by atoms with Crippen molar-refractivity contribution in [3.63, 3.8) is 0 Å². The van der Waals surface area contributed by atoms with E-state index in [-0.39, 0.29) is 11.5 Å². The lowest BCUT2D eigenvalue weighted by Crippen LogP contribution is -2.45. The van der Waals surface area contributed by atoms with Crippen molar-refractivity contribution in [2.45, 2.75) is 33.4 Å². The van der Waals surface area contributed by atoms with Crippen LogP contribution < -0.4 is 20.1 Å². The molecule has 1 aromatic carbocycles. The fourth-order valence-electron chi connectivity index (χ4n) is 2.39. The molecule has 23 heavy (non-hydrogen) atoms. The largest absolute Gasteiger partial charge is 0.454 e. The monoisotopic (exact) mass is 321 g/mol. The highest BCUT2D eigenvalue weighted by Crippen LogP contribution is 2.32. The number of rotatable bonds is 5. The van der Waals surface area contributed by atoms with Gasteiger partial charge in [-0.2, -0.15) is 0 Å². The molecule has 0 saturated carbocycles. The molecule has 6 heteroatoms. The van der Waals surface area contributed by atoms with Crippen LogP contribution in [0.15, 0.2) is 23.2 Å². The second kappa shape index (κ2) is 7.55. The van der Waals surface area contributed by atoms with Gasteiger partial charge in [0.15, 0.2) is 17.5 Å². The lowest BCUT2D eigenvalue weighted by Gasteiger charge is -2.30. The summed E-state index contributed by atoms with van der Waals surface area (Å²) in [6.07, 6.45) is 0.103. The molecular formula is C17H27N3O3. The lowest BCUT2D eigenvalue weighted by molar-refractivity contribution is 0.0205. The highest BCUT2D eigenvalue weighted by molar-refractivity contribution is 5.79. The van der Waals surface area contributed by atoms with Crippen LogP contribution in [0.4, 0.5) is 0 Å². The summed E-state index contributed by atoms with van der Waals surface area (Å²) in [5, 5.41) is 6.60. The number of hydrogen-bond acceptors (Lipinski definition) is 4. The topological polar surface area (TPSA) is 64.1 Å². The van der Waals surface area contributed by atoms with E-state index < -0.39 is 0 Å². The first-order chi connectivity index (χ1) is 10.9. The van der Waals surface area contributed by atoms with E-state index in [1.54, 1.807) is 14.2 Å². The van der Waals surface area contributed by atoms with E-state index in [4.69, 9.17) is 14.2 Å². The Bertz CT molecular complexity index is 553. The van der Waals surface area contributed by atoms with Crippen LogP contribution in [0.2, 0.25) is 0 Å². The van der Waals surface area contributed by atoms with E-state index in [0.717, 1.165) is 23.0 Å². The molecule has 0 fully saturated rings. The lowest BCUT2D eigenvalue weighted by atomic mass is 9.89. The highest BCUT2D eigenvalue weighted by atomic mass is 16.7. The van der Waals surface area contributed by atoms with E-state index in [2.05, 4.69) is 36.4 Å². The first-order valence-corrected chi connectivity index (χ1v) is 7.80. The molecule has 0 radical (unpaired) electrons. The van der Waals surface area contributed by atoms with Gasteiger partial charge in [-0.15, -0.1) is 0 Å². The van der Waals surface area contributed by atoms with Gasteiger partial charge in [-0.05, 0) is 23.1 Å². The SMILES string of the molecule is CN=C(NCc1ccc2c(c1)OCO2)NCC(OC)C(C)(C)C. The Morgan fingerprint density at radius 1 is 1.26 bits per heavy atom.